The summed E-state index contributed by atoms with van der Waals surface area (Å²) in [6, 6.07) is 3.94. The molecule has 13 heteroatoms. The summed E-state index contributed by atoms with van der Waals surface area (Å²) < 4.78 is 53.2. The molecule has 0 saturated carbocycles. The van der Waals surface area contributed by atoms with E-state index in [0.717, 1.165) is 0 Å². The molecule has 0 unspecified atom stereocenters. The van der Waals surface area contributed by atoms with Gasteiger partial charge in [0.25, 0.3) is 5.91 Å². The molecule has 0 saturated heterocycles. The van der Waals surface area contributed by atoms with Gasteiger partial charge in [0.05, 0.1) is 103 Å². The van der Waals surface area contributed by atoms with Gasteiger partial charge in [-0.15, -0.1) is 6.42 Å². The van der Waals surface area contributed by atoms with E-state index < -0.39 is 11.8 Å². The van der Waals surface area contributed by atoms with E-state index in [0.29, 0.717) is 77.5 Å². The first-order chi connectivity index (χ1) is 20.6. The van der Waals surface area contributed by atoms with Crippen LogP contribution in [0.4, 0.5) is 4.39 Å². The summed E-state index contributed by atoms with van der Waals surface area (Å²) in [5, 5.41) is 0. The Morgan fingerprint density at radius 2 is 1.50 bits per heavy atom. The lowest BCUT2D eigenvalue weighted by Gasteiger charge is -2.21. The smallest absolute Gasteiger partial charge is 0.358 e. The second-order valence-electron chi connectivity index (χ2n) is 8.84. The quantitative estimate of drug-likeness (QED) is 0.121. The van der Waals surface area contributed by atoms with E-state index in [1.807, 2.05) is 0 Å². The Balaban J connectivity index is 1.30. The minimum atomic E-state index is -0.585. The van der Waals surface area contributed by atoms with E-state index in [9.17, 15) is 14.0 Å². The molecule has 0 fully saturated rings. The topological polar surface area (TPSA) is 120 Å². The highest BCUT2D eigenvalue weighted by molar-refractivity contribution is 5.99. The molecule has 12 nitrogen and oxygen atoms in total. The fraction of sp³-hybridized carbons (Fsp3) is 0.552. The van der Waals surface area contributed by atoms with Crippen LogP contribution in [-0.4, -0.2) is 119 Å². The van der Waals surface area contributed by atoms with E-state index in [1.165, 1.54) is 29.4 Å². The van der Waals surface area contributed by atoms with Crippen molar-refractivity contribution in [3.8, 4) is 18.0 Å². The number of carbonyl (C=O) groups is 2. The number of rotatable bonds is 21. The predicted molar refractivity (Wildman–Crippen MR) is 148 cm³/mol. The predicted octanol–water partition coefficient (Wildman–Crippen LogP) is 1.88. The number of carbonyl (C=O) groups excluding carboxylic acids is 2. The average Bonchev–Trinajstić information content (AvgIpc) is 3.36. The van der Waals surface area contributed by atoms with Gasteiger partial charge in [0, 0.05) is 6.54 Å². The molecule has 2 aromatic rings. The second-order valence-corrected chi connectivity index (χ2v) is 8.84. The van der Waals surface area contributed by atoms with Crippen LogP contribution in [0.25, 0.3) is 5.69 Å². The minimum Gasteiger partial charge on any atom is -0.461 e. The van der Waals surface area contributed by atoms with Crippen LogP contribution in [0.2, 0.25) is 0 Å². The molecule has 0 N–H and O–H groups in total. The molecule has 1 aliphatic rings. The summed E-state index contributed by atoms with van der Waals surface area (Å²) in [7, 11) is 0. The van der Waals surface area contributed by atoms with Crippen molar-refractivity contribution >= 4 is 11.9 Å². The van der Waals surface area contributed by atoms with Crippen molar-refractivity contribution in [2.75, 3.05) is 92.4 Å². The number of amides is 1. The number of hydrogen-bond donors (Lipinski definition) is 0. The summed E-state index contributed by atoms with van der Waals surface area (Å²) in [5.41, 5.74) is 1.21. The first-order valence-electron chi connectivity index (χ1n) is 13.8. The minimum absolute atomic E-state index is 0.0827. The van der Waals surface area contributed by atoms with Gasteiger partial charge in [0.1, 0.15) is 18.8 Å². The summed E-state index contributed by atoms with van der Waals surface area (Å²) >= 11 is 0. The van der Waals surface area contributed by atoms with Crippen LogP contribution in [0.3, 0.4) is 0 Å². The highest BCUT2D eigenvalue weighted by Crippen LogP contribution is 2.27. The van der Waals surface area contributed by atoms with Gasteiger partial charge in [0.15, 0.2) is 5.69 Å². The lowest BCUT2D eigenvalue weighted by molar-refractivity contribution is -0.0163. The Hall–Kier alpha value is -3.38. The van der Waals surface area contributed by atoms with Crippen molar-refractivity contribution in [3.05, 3.63) is 47.3 Å². The highest BCUT2D eigenvalue weighted by atomic mass is 19.1. The lowest BCUT2D eigenvalue weighted by atomic mass is 10.1. The van der Waals surface area contributed by atoms with Crippen LogP contribution in [0.15, 0.2) is 24.5 Å². The zero-order chi connectivity index (χ0) is 30.0. The van der Waals surface area contributed by atoms with Crippen molar-refractivity contribution in [1.29, 1.82) is 0 Å². The maximum atomic E-state index is 14.0. The average molecular weight is 592 g/mol. The van der Waals surface area contributed by atoms with E-state index in [2.05, 4.69) is 10.9 Å². The first-order valence-corrected chi connectivity index (χ1v) is 13.8. The van der Waals surface area contributed by atoms with Crippen LogP contribution >= 0.6 is 0 Å². The van der Waals surface area contributed by atoms with Crippen LogP contribution < -0.4 is 0 Å². The van der Waals surface area contributed by atoms with E-state index in [4.69, 9.17) is 39.6 Å². The third-order valence-corrected chi connectivity index (χ3v) is 5.96. The van der Waals surface area contributed by atoms with Crippen molar-refractivity contribution in [2.45, 2.75) is 13.5 Å². The Kier molecular flexibility index (Phi) is 14.9. The zero-order valence-corrected chi connectivity index (χ0v) is 23.9. The van der Waals surface area contributed by atoms with Crippen LogP contribution in [0.1, 0.15) is 33.5 Å². The van der Waals surface area contributed by atoms with Gasteiger partial charge < -0.3 is 38.1 Å². The van der Waals surface area contributed by atoms with Gasteiger partial charge >= 0.3 is 5.97 Å². The van der Waals surface area contributed by atoms with Gasteiger partial charge in [-0.05, 0) is 25.1 Å². The fourth-order valence-electron chi connectivity index (χ4n) is 4.00. The van der Waals surface area contributed by atoms with Gasteiger partial charge in [-0.1, -0.05) is 5.92 Å². The molecule has 42 heavy (non-hydrogen) atoms. The molecule has 1 amide bonds. The molecule has 0 spiro atoms. The molecule has 0 bridgehead atoms. The molecular formula is C29H38FN3O9. The molecule has 1 aliphatic heterocycles. The normalized spacial score (nSPS) is 12.5. The second kappa shape index (κ2) is 18.9. The molecule has 0 radical (unpaired) electrons. The lowest BCUT2D eigenvalue weighted by Crippen LogP contribution is -2.33. The molecule has 1 aromatic heterocycles. The number of esters is 1. The molecule has 0 atom stereocenters. The van der Waals surface area contributed by atoms with Crippen molar-refractivity contribution in [1.82, 2.24) is 14.5 Å². The first kappa shape index (κ1) is 33.1. The Labute approximate surface area is 244 Å². The van der Waals surface area contributed by atoms with E-state index >= 15 is 0 Å². The summed E-state index contributed by atoms with van der Waals surface area (Å²) in [4.78, 5) is 31.4. The number of ether oxygens (including phenoxy) is 7. The van der Waals surface area contributed by atoms with Crippen LogP contribution in [-0.2, 0) is 39.7 Å². The largest absolute Gasteiger partial charge is 0.461 e. The van der Waals surface area contributed by atoms with Crippen LogP contribution in [0, 0.1) is 18.2 Å². The van der Waals surface area contributed by atoms with Crippen LogP contribution in [0.5, 0.6) is 0 Å². The third kappa shape index (κ3) is 10.5. The number of fused-ring (bicyclic) bond motifs is 3. The number of hydrogen-bond acceptors (Lipinski definition) is 10. The molecule has 1 aromatic carbocycles. The summed E-state index contributed by atoms with van der Waals surface area (Å²) in [6.45, 7) is 6.94. The Morgan fingerprint density at radius 1 is 0.929 bits per heavy atom. The highest BCUT2D eigenvalue weighted by Gasteiger charge is 2.30. The molecule has 0 aliphatic carbocycles. The standard InChI is InChI=1S/C29H38FN3O9/c1-3-8-36-10-12-38-14-16-40-18-19-41-17-15-39-13-11-37-9-7-32-21-26-27(29(35)42-4-2)31-22-33(26)25-6-5-23(30)20-24(25)28(32)34/h1,5-6,20,22H,4,7-19,21H2,2H3. The fourth-order valence-corrected chi connectivity index (χ4v) is 4.00. The molecule has 3 rings (SSSR count). The molecule has 2 heterocycles. The molecular weight excluding hydrogens is 553 g/mol. The number of terminal acetylenes is 1. The van der Waals surface area contributed by atoms with Crippen molar-refractivity contribution < 1.29 is 47.1 Å². The Morgan fingerprint density at radius 3 is 2.07 bits per heavy atom. The molecule has 230 valence electrons. The number of aromatic nitrogens is 2. The number of halogens is 1. The SMILES string of the molecule is C#CCOCCOCCOCCOCCOCCOCCN1Cc2c(C(=O)OCC)ncn2-c2ccc(F)cc2C1=O. The van der Waals surface area contributed by atoms with Gasteiger partial charge in [-0.2, -0.15) is 0 Å². The van der Waals surface area contributed by atoms with E-state index in [-0.39, 0.29) is 50.1 Å². The zero-order valence-electron chi connectivity index (χ0n) is 23.9. The number of nitrogens with zero attached hydrogens (tertiary/aromatic N) is 3. The van der Waals surface area contributed by atoms with Gasteiger partial charge in [-0.25, -0.2) is 14.2 Å². The van der Waals surface area contributed by atoms with Crippen molar-refractivity contribution in [2.24, 2.45) is 0 Å². The van der Waals surface area contributed by atoms with Crippen molar-refractivity contribution in [3.63, 3.8) is 0 Å². The monoisotopic (exact) mass is 591 g/mol. The maximum Gasteiger partial charge on any atom is 0.358 e. The van der Waals surface area contributed by atoms with E-state index in [1.54, 1.807) is 11.5 Å². The maximum absolute atomic E-state index is 14.0. The van der Waals surface area contributed by atoms with Gasteiger partial charge in [-0.3, -0.25) is 9.36 Å². The Bertz CT molecular complexity index is 1170. The number of imidazole rings is 1. The summed E-state index contributed by atoms with van der Waals surface area (Å²) in [6.07, 6.45) is 6.52. The number of benzene rings is 1. The van der Waals surface area contributed by atoms with Gasteiger partial charge in [0.2, 0.25) is 0 Å². The third-order valence-electron chi connectivity index (χ3n) is 5.96. The summed E-state index contributed by atoms with van der Waals surface area (Å²) in [5.74, 6) is 0.889.